The van der Waals surface area contributed by atoms with Crippen molar-refractivity contribution in [3.05, 3.63) is 18.2 Å². The Bertz CT molecular complexity index is 528. The van der Waals surface area contributed by atoms with Crippen LogP contribution in [0.4, 0.5) is 5.69 Å². The van der Waals surface area contributed by atoms with E-state index in [2.05, 4.69) is 0 Å². The molecule has 1 amide bonds. The van der Waals surface area contributed by atoms with E-state index in [1.165, 1.54) is 19.1 Å². The molecule has 1 aromatic carbocycles. The van der Waals surface area contributed by atoms with E-state index >= 15 is 0 Å². The van der Waals surface area contributed by atoms with Crippen LogP contribution >= 0.6 is 0 Å². The Hall–Kier alpha value is -2.24. The van der Waals surface area contributed by atoms with Gasteiger partial charge in [0.25, 0.3) is 0 Å². The highest BCUT2D eigenvalue weighted by atomic mass is 16.5. The summed E-state index contributed by atoms with van der Waals surface area (Å²) in [5, 5.41) is 9.29. The van der Waals surface area contributed by atoms with E-state index in [0.29, 0.717) is 36.4 Å². The molecule has 1 aliphatic rings. The number of hydrogen-bond donors (Lipinski definition) is 1. The third kappa shape index (κ3) is 2.54. The Kier molecular flexibility index (Phi) is 4.12. The lowest BCUT2D eigenvalue weighted by molar-refractivity contribution is -0.141. The van der Waals surface area contributed by atoms with E-state index < -0.39 is 12.0 Å². The normalized spacial score (nSPS) is 18.8. The van der Waals surface area contributed by atoms with Crippen LogP contribution in [0.3, 0.4) is 0 Å². The zero-order chi connectivity index (χ0) is 14.7. The molecule has 6 nitrogen and oxygen atoms in total. The van der Waals surface area contributed by atoms with Gasteiger partial charge in [0.1, 0.15) is 17.5 Å². The average molecular weight is 279 g/mol. The highest BCUT2D eigenvalue weighted by Crippen LogP contribution is 2.36. The number of methoxy groups -OCH3 is 2. The number of rotatable bonds is 4. The Balaban J connectivity index is 2.45. The van der Waals surface area contributed by atoms with Gasteiger partial charge < -0.3 is 14.6 Å². The molecule has 2 rings (SSSR count). The monoisotopic (exact) mass is 279 g/mol. The van der Waals surface area contributed by atoms with Crippen LogP contribution in [0, 0.1) is 0 Å². The van der Waals surface area contributed by atoms with Crippen LogP contribution in [-0.4, -0.2) is 37.2 Å². The summed E-state index contributed by atoms with van der Waals surface area (Å²) in [5.74, 6) is -0.198. The topological polar surface area (TPSA) is 76.1 Å². The van der Waals surface area contributed by atoms with Crippen LogP contribution < -0.4 is 14.4 Å². The highest BCUT2D eigenvalue weighted by Gasteiger charge is 2.35. The molecule has 1 heterocycles. The van der Waals surface area contributed by atoms with Crippen molar-refractivity contribution >= 4 is 17.6 Å². The van der Waals surface area contributed by atoms with Crippen molar-refractivity contribution in [2.75, 3.05) is 19.1 Å². The molecule has 1 N–H and O–H groups in total. The summed E-state index contributed by atoms with van der Waals surface area (Å²) in [6.45, 7) is 0. The zero-order valence-corrected chi connectivity index (χ0v) is 11.5. The Labute approximate surface area is 116 Å². The predicted molar refractivity (Wildman–Crippen MR) is 72.3 cm³/mol. The van der Waals surface area contributed by atoms with Crippen molar-refractivity contribution in [2.45, 2.75) is 25.3 Å². The summed E-state index contributed by atoms with van der Waals surface area (Å²) in [6.07, 6.45) is 1.37. The number of carbonyl (C=O) groups is 2. The van der Waals surface area contributed by atoms with Crippen molar-refractivity contribution in [3.63, 3.8) is 0 Å². The van der Waals surface area contributed by atoms with Gasteiger partial charge in [-0.2, -0.15) is 0 Å². The van der Waals surface area contributed by atoms with E-state index in [9.17, 15) is 14.7 Å². The first kappa shape index (κ1) is 14.2. The largest absolute Gasteiger partial charge is 0.497 e. The molecule has 1 aromatic rings. The lowest BCUT2D eigenvalue weighted by Crippen LogP contribution is -2.48. The minimum Gasteiger partial charge on any atom is -0.497 e. The molecule has 0 aromatic heterocycles. The van der Waals surface area contributed by atoms with E-state index in [1.54, 1.807) is 18.2 Å². The maximum atomic E-state index is 12.1. The summed E-state index contributed by atoms with van der Waals surface area (Å²) in [6, 6.07) is 4.12. The fraction of sp³-hybridized carbons (Fsp3) is 0.429. The maximum absolute atomic E-state index is 12.1. The molecule has 1 aliphatic heterocycles. The van der Waals surface area contributed by atoms with Gasteiger partial charge in [-0.15, -0.1) is 0 Å². The molecule has 0 spiro atoms. The predicted octanol–water partition coefficient (Wildman–Crippen LogP) is 1.67. The zero-order valence-electron chi connectivity index (χ0n) is 11.5. The number of nitrogens with zero attached hydrogens (tertiary/aromatic N) is 1. The number of carboxylic acids is 1. The molecule has 0 radical (unpaired) electrons. The van der Waals surface area contributed by atoms with Crippen LogP contribution in [0.2, 0.25) is 0 Å². The summed E-state index contributed by atoms with van der Waals surface area (Å²) in [7, 11) is 3.00. The molecule has 6 heteroatoms. The molecular weight excluding hydrogens is 262 g/mol. The molecule has 1 atom stereocenters. The number of aliphatic carboxylic acids is 1. The third-order valence-corrected chi connectivity index (χ3v) is 3.38. The molecule has 1 saturated heterocycles. The molecule has 20 heavy (non-hydrogen) atoms. The van der Waals surface area contributed by atoms with Gasteiger partial charge in [-0.25, -0.2) is 4.79 Å². The second-order valence-electron chi connectivity index (χ2n) is 4.55. The summed E-state index contributed by atoms with van der Waals surface area (Å²) >= 11 is 0. The van der Waals surface area contributed by atoms with Crippen molar-refractivity contribution < 1.29 is 24.2 Å². The molecule has 108 valence electrons. The van der Waals surface area contributed by atoms with Crippen LogP contribution in [0.5, 0.6) is 11.5 Å². The second kappa shape index (κ2) is 5.81. The molecule has 1 fully saturated rings. The van der Waals surface area contributed by atoms with Crippen molar-refractivity contribution in [3.8, 4) is 11.5 Å². The molecule has 1 unspecified atom stereocenters. The first-order chi connectivity index (χ1) is 9.58. The number of ether oxygens (including phenoxy) is 2. The third-order valence-electron chi connectivity index (χ3n) is 3.38. The van der Waals surface area contributed by atoms with E-state index in [-0.39, 0.29) is 5.91 Å². The number of benzene rings is 1. The van der Waals surface area contributed by atoms with Gasteiger partial charge in [0.15, 0.2) is 0 Å². The Morgan fingerprint density at radius 3 is 2.70 bits per heavy atom. The van der Waals surface area contributed by atoms with Crippen LogP contribution in [0.25, 0.3) is 0 Å². The van der Waals surface area contributed by atoms with Crippen molar-refractivity contribution in [1.82, 2.24) is 0 Å². The van der Waals surface area contributed by atoms with Gasteiger partial charge in [-0.1, -0.05) is 0 Å². The first-order valence-electron chi connectivity index (χ1n) is 6.35. The van der Waals surface area contributed by atoms with Crippen molar-refractivity contribution in [1.29, 1.82) is 0 Å². The molecule has 0 bridgehead atoms. The minimum absolute atomic E-state index is 0.202. The smallest absolute Gasteiger partial charge is 0.326 e. The Morgan fingerprint density at radius 1 is 1.35 bits per heavy atom. The minimum atomic E-state index is -1.00. The fourth-order valence-electron chi connectivity index (χ4n) is 2.39. The number of hydrogen-bond acceptors (Lipinski definition) is 4. The number of carbonyl (C=O) groups excluding carboxylic acids is 1. The van der Waals surface area contributed by atoms with Gasteiger partial charge in [-0.3, -0.25) is 9.69 Å². The summed E-state index contributed by atoms with van der Waals surface area (Å²) in [5.41, 5.74) is 0.463. The average Bonchev–Trinajstić information content (AvgIpc) is 2.46. The SMILES string of the molecule is COc1ccc(N2C(=O)CCCC2C(=O)O)c(OC)c1. The maximum Gasteiger partial charge on any atom is 0.326 e. The van der Waals surface area contributed by atoms with Gasteiger partial charge in [-0.05, 0) is 25.0 Å². The fourth-order valence-corrected chi connectivity index (χ4v) is 2.39. The van der Waals surface area contributed by atoms with Gasteiger partial charge >= 0.3 is 5.97 Å². The lowest BCUT2D eigenvalue weighted by atomic mass is 10.0. The van der Waals surface area contributed by atoms with Crippen LogP contribution in [0.1, 0.15) is 19.3 Å². The van der Waals surface area contributed by atoms with Gasteiger partial charge in [0.05, 0.1) is 19.9 Å². The van der Waals surface area contributed by atoms with Gasteiger partial charge in [0, 0.05) is 12.5 Å². The van der Waals surface area contributed by atoms with Crippen LogP contribution in [-0.2, 0) is 9.59 Å². The van der Waals surface area contributed by atoms with E-state index in [1.807, 2.05) is 0 Å². The summed E-state index contributed by atoms with van der Waals surface area (Å²) < 4.78 is 10.4. The number of piperidine rings is 1. The van der Waals surface area contributed by atoms with Crippen LogP contribution in [0.15, 0.2) is 18.2 Å². The number of amides is 1. The molecule has 0 saturated carbocycles. The quantitative estimate of drug-likeness (QED) is 0.907. The van der Waals surface area contributed by atoms with Crippen molar-refractivity contribution in [2.24, 2.45) is 0 Å². The number of carboxylic acid groups (broad SMARTS) is 1. The first-order valence-corrected chi connectivity index (χ1v) is 6.35. The van der Waals surface area contributed by atoms with Gasteiger partial charge in [0.2, 0.25) is 5.91 Å². The lowest BCUT2D eigenvalue weighted by Gasteiger charge is -2.33. The second-order valence-corrected chi connectivity index (χ2v) is 4.55. The standard InChI is InChI=1S/C14H17NO5/c1-19-9-6-7-10(12(8-9)20-2)15-11(14(17)18)4-3-5-13(15)16/h6-8,11H,3-5H2,1-2H3,(H,17,18). The molecular formula is C14H17NO5. The number of anilines is 1. The van der Waals surface area contributed by atoms with E-state index in [0.717, 1.165) is 0 Å². The molecule has 0 aliphatic carbocycles. The van der Waals surface area contributed by atoms with E-state index in [4.69, 9.17) is 9.47 Å². The Morgan fingerprint density at radius 2 is 2.10 bits per heavy atom. The summed E-state index contributed by atoms with van der Waals surface area (Å²) in [4.78, 5) is 24.8. The highest BCUT2D eigenvalue weighted by molar-refractivity contribution is 6.01.